The third-order valence-electron chi connectivity index (χ3n) is 4.78. The number of nitrogens with zero attached hydrogens (tertiary/aromatic N) is 2. The van der Waals surface area contributed by atoms with Crippen molar-refractivity contribution >= 4 is 23.7 Å². The van der Waals surface area contributed by atoms with Gasteiger partial charge in [0.15, 0.2) is 11.6 Å². The number of aryl methyl sites for hydroxylation is 1. The monoisotopic (exact) mass is 430 g/mol. The number of allylic oxidation sites excluding steroid dienone is 2. The fourth-order valence-corrected chi connectivity index (χ4v) is 3.04. The van der Waals surface area contributed by atoms with Crippen LogP contribution in [0.25, 0.3) is 12.2 Å². The average Bonchev–Trinajstić information content (AvgIpc) is 3.22. The van der Waals surface area contributed by atoms with Gasteiger partial charge in [-0.1, -0.05) is 6.07 Å². The zero-order chi connectivity index (χ0) is 22.8. The zero-order valence-electron chi connectivity index (χ0n) is 18.2. The fourth-order valence-electron chi connectivity index (χ4n) is 3.04. The van der Waals surface area contributed by atoms with Crippen LogP contribution >= 0.6 is 0 Å². The summed E-state index contributed by atoms with van der Waals surface area (Å²) in [6, 6.07) is 15.0. The molecule has 0 N–H and O–H groups in total. The molecule has 0 amide bonds. The summed E-state index contributed by atoms with van der Waals surface area (Å²) in [6.07, 6.45) is 10.3. The molecule has 1 aromatic carbocycles. The third kappa shape index (κ3) is 6.80. The van der Waals surface area contributed by atoms with E-state index in [-0.39, 0.29) is 18.0 Å². The van der Waals surface area contributed by atoms with E-state index in [0.717, 1.165) is 17.0 Å². The fraction of sp³-hybridized carbons (Fsp3) is 0.192. The maximum Gasteiger partial charge on any atom is 0.163 e. The van der Waals surface area contributed by atoms with Gasteiger partial charge < -0.3 is 14.0 Å². The molecule has 0 bridgehead atoms. The largest absolute Gasteiger partial charge is 0.496 e. The van der Waals surface area contributed by atoms with E-state index in [1.165, 1.54) is 12.2 Å². The van der Waals surface area contributed by atoms with Crippen molar-refractivity contribution in [2.45, 2.75) is 12.8 Å². The molecule has 164 valence electrons. The predicted molar refractivity (Wildman–Crippen MR) is 125 cm³/mol. The van der Waals surface area contributed by atoms with Crippen LogP contribution in [0.3, 0.4) is 0 Å². The van der Waals surface area contributed by atoms with Crippen molar-refractivity contribution in [1.82, 2.24) is 9.55 Å². The molecule has 2 heterocycles. The number of benzene rings is 1. The Balaban J connectivity index is 1.53. The minimum Gasteiger partial charge on any atom is -0.496 e. The van der Waals surface area contributed by atoms with Crippen molar-refractivity contribution in [1.29, 1.82) is 0 Å². The normalized spacial score (nSPS) is 11.2. The molecule has 0 unspecified atom stereocenters. The molecule has 6 nitrogen and oxygen atoms in total. The molecule has 0 atom stereocenters. The van der Waals surface area contributed by atoms with Gasteiger partial charge in [-0.3, -0.25) is 14.6 Å². The van der Waals surface area contributed by atoms with Crippen LogP contribution < -0.4 is 9.47 Å². The number of methoxy groups -OCH3 is 1. The van der Waals surface area contributed by atoms with Crippen molar-refractivity contribution in [2.24, 2.45) is 7.05 Å². The Morgan fingerprint density at radius 1 is 1.03 bits per heavy atom. The van der Waals surface area contributed by atoms with Crippen LogP contribution in [0.5, 0.6) is 11.5 Å². The molecular formula is C26H26N2O4. The summed E-state index contributed by atoms with van der Waals surface area (Å²) in [5.74, 6) is 0.732. The molecule has 0 aliphatic rings. The van der Waals surface area contributed by atoms with Gasteiger partial charge >= 0.3 is 0 Å². The van der Waals surface area contributed by atoms with Crippen LogP contribution in [0.1, 0.15) is 23.4 Å². The number of carbonyl (C=O) groups excluding carboxylic acids is 2. The zero-order valence-corrected chi connectivity index (χ0v) is 18.2. The Kier molecular flexibility index (Phi) is 8.15. The minimum atomic E-state index is -0.274. The minimum absolute atomic E-state index is 0.186. The second kappa shape index (κ2) is 11.5. The lowest BCUT2D eigenvalue weighted by Crippen LogP contribution is -2.03. The van der Waals surface area contributed by atoms with Crippen LogP contribution in [-0.4, -0.2) is 34.8 Å². The number of ether oxygens (including phenoxy) is 2. The van der Waals surface area contributed by atoms with Crippen LogP contribution in [-0.2, 0) is 23.1 Å². The Morgan fingerprint density at radius 3 is 2.53 bits per heavy atom. The first-order valence-electron chi connectivity index (χ1n) is 10.3. The average molecular weight is 431 g/mol. The second-order valence-corrected chi connectivity index (χ2v) is 7.14. The number of carbonyl (C=O) groups is 2. The van der Waals surface area contributed by atoms with Crippen LogP contribution in [0.2, 0.25) is 0 Å². The highest BCUT2D eigenvalue weighted by Gasteiger charge is 2.07. The van der Waals surface area contributed by atoms with E-state index in [2.05, 4.69) is 4.98 Å². The number of hydrogen-bond acceptors (Lipinski definition) is 5. The number of pyridine rings is 1. The van der Waals surface area contributed by atoms with Gasteiger partial charge in [-0.2, -0.15) is 0 Å². The van der Waals surface area contributed by atoms with E-state index in [1.807, 2.05) is 60.3 Å². The highest BCUT2D eigenvalue weighted by Crippen LogP contribution is 2.26. The maximum absolute atomic E-state index is 12.2. The summed E-state index contributed by atoms with van der Waals surface area (Å²) in [6.45, 7) is 0.492. The quantitative estimate of drug-likeness (QED) is 0.335. The van der Waals surface area contributed by atoms with Gasteiger partial charge in [-0.05, 0) is 60.7 Å². The molecule has 0 saturated carbocycles. The topological polar surface area (TPSA) is 70.4 Å². The second-order valence-electron chi connectivity index (χ2n) is 7.14. The summed E-state index contributed by atoms with van der Waals surface area (Å²) in [5, 5.41) is 0. The van der Waals surface area contributed by atoms with Gasteiger partial charge in [-0.25, -0.2) is 0 Å². The van der Waals surface area contributed by atoms with Crippen molar-refractivity contribution in [3.8, 4) is 11.5 Å². The molecule has 32 heavy (non-hydrogen) atoms. The predicted octanol–water partition coefficient (Wildman–Crippen LogP) is 4.31. The van der Waals surface area contributed by atoms with E-state index in [9.17, 15) is 9.59 Å². The maximum atomic E-state index is 12.2. The highest BCUT2D eigenvalue weighted by molar-refractivity contribution is 6.10. The van der Waals surface area contributed by atoms with Crippen molar-refractivity contribution < 1.29 is 19.1 Å². The van der Waals surface area contributed by atoms with Gasteiger partial charge in [0.1, 0.15) is 11.5 Å². The Morgan fingerprint density at radius 2 is 1.84 bits per heavy atom. The third-order valence-corrected chi connectivity index (χ3v) is 4.78. The Labute approximate surface area is 187 Å². The molecule has 6 heteroatoms. The van der Waals surface area contributed by atoms with E-state index < -0.39 is 0 Å². The summed E-state index contributed by atoms with van der Waals surface area (Å²) in [4.78, 5) is 28.5. The van der Waals surface area contributed by atoms with Gasteiger partial charge in [0.25, 0.3) is 0 Å². The van der Waals surface area contributed by atoms with Crippen molar-refractivity contribution in [3.05, 3.63) is 90.0 Å². The van der Waals surface area contributed by atoms with E-state index in [4.69, 9.17) is 9.47 Å². The number of aromatic nitrogens is 2. The smallest absolute Gasteiger partial charge is 0.163 e. The molecule has 0 radical (unpaired) electrons. The van der Waals surface area contributed by atoms with E-state index >= 15 is 0 Å². The summed E-state index contributed by atoms with van der Waals surface area (Å²) >= 11 is 0. The van der Waals surface area contributed by atoms with Crippen LogP contribution in [0.4, 0.5) is 0 Å². The van der Waals surface area contributed by atoms with Crippen molar-refractivity contribution in [3.63, 3.8) is 0 Å². The Bertz CT molecular complexity index is 1110. The lowest BCUT2D eigenvalue weighted by molar-refractivity contribution is -0.121. The number of ketones is 2. The molecule has 2 aromatic heterocycles. The van der Waals surface area contributed by atoms with Gasteiger partial charge in [0.2, 0.25) is 0 Å². The molecule has 3 aromatic rings. The molecular weight excluding hydrogens is 404 g/mol. The first-order chi connectivity index (χ1) is 15.5. The van der Waals surface area contributed by atoms with E-state index in [1.54, 1.807) is 31.5 Å². The molecule has 0 spiro atoms. The van der Waals surface area contributed by atoms with Crippen molar-refractivity contribution in [2.75, 3.05) is 13.7 Å². The lowest BCUT2D eigenvalue weighted by atomic mass is 10.1. The molecule has 0 saturated heterocycles. The SMILES string of the molecule is COc1cc(OCCc2ccccn2)ccc1C=CC(=O)CC(=O)C=Cc1cccn1C. The molecule has 0 aliphatic carbocycles. The summed E-state index contributed by atoms with van der Waals surface area (Å²) in [5.41, 5.74) is 2.59. The molecule has 0 aliphatic heterocycles. The molecule has 0 fully saturated rings. The standard InChI is InChI=1S/C26H26N2O4/c1-28-16-5-7-22(28)10-12-24(30)18-23(29)11-8-20-9-13-25(19-26(20)31-2)32-17-14-21-6-3-4-15-27-21/h3-13,15-16,19H,14,17-18H2,1-2H3. The van der Waals surface area contributed by atoms with Crippen LogP contribution in [0, 0.1) is 0 Å². The summed E-state index contributed by atoms with van der Waals surface area (Å²) in [7, 11) is 3.45. The van der Waals surface area contributed by atoms with Crippen LogP contribution in [0.15, 0.2) is 73.1 Å². The number of hydrogen-bond donors (Lipinski definition) is 0. The van der Waals surface area contributed by atoms with Gasteiger partial charge in [0, 0.05) is 48.9 Å². The highest BCUT2D eigenvalue weighted by atomic mass is 16.5. The Hall–Kier alpha value is -3.93. The van der Waals surface area contributed by atoms with Gasteiger partial charge in [0.05, 0.1) is 20.1 Å². The first kappa shape index (κ1) is 22.7. The number of rotatable bonds is 11. The van der Waals surface area contributed by atoms with Gasteiger partial charge in [-0.15, -0.1) is 0 Å². The van der Waals surface area contributed by atoms with E-state index in [0.29, 0.717) is 24.5 Å². The first-order valence-corrected chi connectivity index (χ1v) is 10.3. The summed E-state index contributed by atoms with van der Waals surface area (Å²) < 4.78 is 13.1. The molecule has 3 rings (SSSR count). The lowest BCUT2D eigenvalue weighted by Gasteiger charge is -2.10.